The largest absolute Gasteiger partial charge is 1.00 e. The van der Waals surface area contributed by atoms with E-state index < -0.39 is 47.5 Å². The summed E-state index contributed by atoms with van der Waals surface area (Å²) in [5.74, 6) is -5.12. The maximum Gasteiger partial charge on any atom is 1.00 e. The monoisotopic (exact) mass is 551 g/mol. The summed E-state index contributed by atoms with van der Waals surface area (Å²) in [6, 6.07) is 6.56. The predicted octanol–water partition coefficient (Wildman–Crippen LogP) is 4.66. The first kappa shape index (κ1) is 29.0. The average molecular weight is 552 g/mol. The van der Waals surface area contributed by atoms with Crippen molar-refractivity contribution >= 4 is 28.7 Å². The molecule has 0 aliphatic heterocycles. The third kappa shape index (κ3) is 6.31. The fourth-order valence-corrected chi connectivity index (χ4v) is 4.24. The second-order valence-corrected chi connectivity index (χ2v) is 8.46. The van der Waals surface area contributed by atoms with Crippen LogP contribution >= 0.6 is 11.6 Å². The van der Waals surface area contributed by atoms with Crippen molar-refractivity contribution in [3.05, 3.63) is 93.0 Å². The molecule has 1 aliphatic carbocycles. The topological polar surface area (TPSA) is 59.4 Å². The van der Waals surface area contributed by atoms with E-state index in [0.29, 0.717) is 53.1 Å². The Bertz CT molecular complexity index is 1400. The Morgan fingerprint density at radius 2 is 1.70 bits per heavy atom. The minimum atomic E-state index is -4.94. The summed E-state index contributed by atoms with van der Waals surface area (Å²) in [6.07, 6.45) is -2.47. The number of rotatable bonds is 6. The Morgan fingerprint density at radius 1 is 1.03 bits per heavy atom. The van der Waals surface area contributed by atoms with Crippen LogP contribution < -0.4 is 34.3 Å². The number of carboxylic acid groups (broad SMARTS) is 1. The van der Waals surface area contributed by atoms with E-state index in [9.17, 15) is 36.2 Å². The van der Waals surface area contributed by atoms with Crippen LogP contribution in [0, 0.1) is 17.5 Å². The number of hydrogen-bond acceptors (Lipinski definition) is 3. The van der Waals surface area contributed by atoms with E-state index in [1.54, 1.807) is 6.07 Å². The molecule has 0 saturated heterocycles. The molecule has 2 aromatic carbocycles. The second-order valence-electron chi connectivity index (χ2n) is 8.02. The zero-order chi connectivity index (χ0) is 26.2. The molecule has 0 atom stereocenters. The van der Waals surface area contributed by atoms with Crippen LogP contribution in [0.15, 0.2) is 42.6 Å². The van der Waals surface area contributed by atoms with Gasteiger partial charge in [0.05, 0.1) is 5.56 Å². The van der Waals surface area contributed by atoms with E-state index in [2.05, 4.69) is 4.98 Å². The number of benzene rings is 2. The minimum absolute atomic E-state index is 0. The molecule has 1 N–H and O–H groups in total. The van der Waals surface area contributed by atoms with Crippen molar-refractivity contribution in [2.45, 2.75) is 32.0 Å². The predicted molar refractivity (Wildman–Crippen MR) is 120 cm³/mol. The molecule has 3 aromatic rings. The van der Waals surface area contributed by atoms with Gasteiger partial charge in [-0.3, -0.25) is 4.98 Å². The van der Waals surface area contributed by atoms with Crippen molar-refractivity contribution < 1.29 is 72.0 Å². The third-order valence-electron chi connectivity index (χ3n) is 5.69. The molecule has 0 bridgehead atoms. The summed E-state index contributed by atoms with van der Waals surface area (Å²) in [4.78, 5) is 14.9. The molecule has 37 heavy (non-hydrogen) atoms. The zero-order valence-electron chi connectivity index (χ0n) is 20.2. The van der Waals surface area contributed by atoms with E-state index in [-0.39, 0.29) is 47.9 Å². The summed E-state index contributed by atoms with van der Waals surface area (Å²) in [6.45, 7) is -0.439. The summed E-state index contributed by atoms with van der Waals surface area (Å²) >= 11 is 6.16. The van der Waals surface area contributed by atoms with Crippen LogP contribution in [0.2, 0.25) is 5.02 Å². The summed E-state index contributed by atoms with van der Waals surface area (Å²) < 4.78 is 86.2. The van der Waals surface area contributed by atoms with Crippen LogP contribution in [0.25, 0.3) is 11.1 Å². The Hall–Kier alpha value is -2.53. The van der Waals surface area contributed by atoms with Crippen LogP contribution in [0.5, 0.6) is 5.75 Å². The first-order valence-corrected chi connectivity index (χ1v) is 10.9. The summed E-state index contributed by atoms with van der Waals surface area (Å²) in [5.41, 5.74) is -0.857. The number of halogens is 7. The number of aromatic nitrogens is 1. The van der Waals surface area contributed by atoms with E-state index in [1.807, 2.05) is 0 Å². The SMILES string of the molecule is O=C(O)c1cc(C2=C(c3cc(Cl)ccc3OCc3cc(F)c(F)cc3F)CCC2)cnc1C(F)(F)F.[H-].[Na+]. The zero-order valence-corrected chi connectivity index (χ0v) is 22.0. The number of allylic oxidation sites excluding steroid dienone is 2. The van der Waals surface area contributed by atoms with Crippen molar-refractivity contribution in [1.82, 2.24) is 4.98 Å². The number of aromatic carboxylic acids is 1. The van der Waals surface area contributed by atoms with Gasteiger partial charge in [-0.2, -0.15) is 13.2 Å². The molecule has 190 valence electrons. The fourth-order valence-electron chi connectivity index (χ4n) is 4.07. The van der Waals surface area contributed by atoms with Gasteiger partial charge >= 0.3 is 41.7 Å². The first-order valence-electron chi connectivity index (χ1n) is 10.5. The van der Waals surface area contributed by atoms with E-state index in [1.165, 1.54) is 12.1 Å². The van der Waals surface area contributed by atoms with Gasteiger partial charge in [0.1, 0.15) is 18.2 Å². The molecule has 12 heteroatoms. The maximum absolute atomic E-state index is 14.0. The van der Waals surface area contributed by atoms with Crippen molar-refractivity contribution in [2.75, 3.05) is 0 Å². The van der Waals surface area contributed by atoms with Crippen molar-refractivity contribution in [3.63, 3.8) is 0 Å². The van der Waals surface area contributed by atoms with Crippen LogP contribution in [-0.4, -0.2) is 16.1 Å². The van der Waals surface area contributed by atoms with Gasteiger partial charge in [-0.15, -0.1) is 0 Å². The third-order valence-corrected chi connectivity index (χ3v) is 5.93. The molecule has 4 nitrogen and oxygen atoms in total. The molecule has 0 fully saturated rings. The van der Waals surface area contributed by atoms with Crippen molar-refractivity contribution in [3.8, 4) is 5.75 Å². The number of hydrogen-bond donors (Lipinski definition) is 1. The molecule has 0 saturated carbocycles. The van der Waals surface area contributed by atoms with Crippen molar-refractivity contribution in [1.29, 1.82) is 0 Å². The van der Waals surface area contributed by atoms with Gasteiger partial charge in [0.2, 0.25) is 0 Å². The Kier molecular flexibility index (Phi) is 9.00. The number of alkyl halides is 3. The molecule has 1 heterocycles. The number of ether oxygens (including phenoxy) is 1. The van der Waals surface area contributed by atoms with E-state index >= 15 is 0 Å². The molecule has 0 spiro atoms. The van der Waals surface area contributed by atoms with Gasteiger partial charge < -0.3 is 11.3 Å². The maximum atomic E-state index is 14.0. The molecule has 1 aromatic heterocycles. The van der Waals surface area contributed by atoms with Gasteiger partial charge in [-0.1, -0.05) is 11.6 Å². The van der Waals surface area contributed by atoms with Gasteiger partial charge in [-0.05, 0) is 66.3 Å². The Labute approximate surface area is 235 Å². The second kappa shape index (κ2) is 11.5. The summed E-state index contributed by atoms with van der Waals surface area (Å²) in [7, 11) is 0. The molecule has 0 amide bonds. The first-order chi connectivity index (χ1) is 17.0. The van der Waals surface area contributed by atoms with E-state index in [4.69, 9.17) is 16.3 Å². The van der Waals surface area contributed by atoms with Gasteiger partial charge in [0, 0.05) is 28.4 Å². The Balaban J connectivity index is 0.00000253. The molecule has 1 aliphatic rings. The molecular formula is C25H17ClF6NNaO3. The minimum Gasteiger partial charge on any atom is -1.00 e. The smallest absolute Gasteiger partial charge is 1.00 e. The van der Waals surface area contributed by atoms with Crippen LogP contribution in [0.3, 0.4) is 0 Å². The van der Waals surface area contributed by atoms with Crippen LogP contribution in [-0.2, 0) is 12.8 Å². The number of carboxylic acids is 1. The van der Waals surface area contributed by atoms with Gasteiger partial charge in [-0.25, -0.2) is 18.0 Å². The Morgan fingerprint density at radius 3 is 2.38 bits per heavy atom. The molecular weight excluding hydrogens is 535 g/mol. The standard InChI is InChI=1S/C25H16ClF6NO3.Na.H/c26-14-4-5-22(36-11-13-7-20(28)21(29)9-19(13)27)17(8-14)16-3-1-2-15(16)12-6-18(24(34)35)23(33-10-12)25(30,31)32;;/h4-10H,1-3,11H2,(H,34,35);;/q;+1;-1. The molecule has 0 radical (unpaired) electrons. The van der Waals surface area contributed by atoms with Gasteiger partial charge in [0.15, 0.2) is 17.3 Å². The molecule has 4 rings (SSSR count). The number of pyridine rings is 1. The molecule has 0 unspecified atom stereocenters. The fraction of sp³-hybridized carbons (Fsp3) is 0.200. The average Bonchev–Trinajstić information content (AvgIpc) is 3.30. The quantitative estimate of drug-likeness (QED) is 0.275. The van der Waals surface area contributed by atoms with Crippen molar-refractivity contribution in [2.24, 2.45) is 0 Å². The number of carbonyl (C=O) groups is 1. The van der Waals surface area contributed by atoms with Crippen LogP contribution in [0.1, 0.15) is 53.4 Å². The van der Waals surface area contributed by atoms with Gasteiger partial charge in [0.25, 0.3) is 0 Å². The summed E-state index contributed by atoms with van der Waals surface area (Å²) in [5, 5.41) is 9.63. The van der Waals surface area contributed by atoms with Crippen LogP contribution in [0.4, 0.5) is 26.3 Å². The number of nitrogens with zero attached hydrogens (tertiary/aromatic N) is 1. The van der Waals surface area contributed by atoms with E-state index in [0.717, 1.165) is 12.3 Å². The normalized spacial score (nSPS) is 13.5.